The zero-order chi connectivity index (χ0) is 13.8. The van der Waals surface area contributed by atoms with Crippen molar-refractivity contribution in [3.8, 4) is 11.3 Å². The van der Waals surface area contributed by atoms with E-state index in [1.54, 1.807) is 0 Å². The van der Waals surface area contributed by atoms with Crippen molar-refractivity contribution < 1.29 is 0 Å². The molecule has 0 aliphatic carbocycles. The Morgan fingerprint density at radius 3 is 2.47 bits per heavy atom. The third-order valence-corrected chi connectivity index (χ3v) is 3.44. The second-order valence-electron chi connectivity index (χ2n) is 5.28. The molecule has 0 spiro atoms. The molecule has 0 amide bonds. The van der Waals surface area contributed by atoms with E-state index in [0.717, 1.165) is 24.4 Å². The topological polar surface area (TPSA) is 54.7 Å². The number of H-pyrrole nitrogens is 1. The fourth-order valence-electron chi connectivity index (χ4n) is 2.54. The summed E-state index contributed by atoms with van der Waals surface area (Å²) >= 11 is 0. The second kappa shape index (κ2) is 6.02. The zero-order valence-electron chi connectivity index (χ0n) is 12.0. The number of hydrogen-bond acceptors (Lipinski definition) is 2. The quantitative estimate of drug-likeness (QED) is 0.860. The van der Waals surface area contributed by atoms with Gasteiger partial charge in [-0.05, 0) is 32.4 Å². The van der Waals surface area contributed by atoms with E-state index in [0.29, 0.717) is 12.5 Å². The summed E-state index contributed by atoms with van der Waals surface area (Å²) in [4.78, 5) is 7.93. The van der Waals surface area contributed by atoms with Crippen LogP contribution in [0.15, 0.2) is 24.4 Å². The summed E-state index contributed by atoms with van der Waals surface area (Å²) in [6.45, 7) is 7.06. The van der Waals surface area contributed by atoms with Gasteiger partial charge in [0.2, 0.25) is 0 Å². The third kappa shape index (κ3) is 3.24. The standard InChI is InChI=1S/C16H23N3/c1-4-5-13(9-17)16-18-10-15(19-16)14-7-11(2)6-12(3)8-14/h6-8,10,13H,4-5,9,17H2,1-3H3,(H,18,19). The Morgan fingerprint density at radius 2 is 1.89 bits per heavy atom. The molecule has 102 valence electrons. The van der Waals surface area contributed by atoms with Gasteiger partial charge in [-0.2, -0.15) is 0 Å². The number of hydrogen-bond donors (Lipinski definition) is 2. The van der Waals surface area contributed by atoms with E-state index in [9.17, 15) is 0 Å². The number of nitrogens with zero attached hydrogens (tertiary/aromatic N) is 1. The highest BCUT2D eigenvalue weighted by molar-refractivity contribution is 5.60. The highest BCUT2D eigenvalue weighted by Gasteiger charge is 2.13. The first-order valence-corrected chi connectivity index (χ1v) is 6.97. The van der Waals surface area contributed by atoms with Gasteiger partial charge in [0.15, 0.2) is 0 Å². The molecule has 1 unspecified atom stereocenters. The maximum Gasteiger partial charge on any atom is 0.110 e. The second-order valence-corrected chi connectivity index (χ2v) is 5.28. The Kier molecular flexibility index (Phi) is 4.38. The van der Waals surface area contributed by atoms with Crippen LogP contribution >= 0.6 is 0 Å². The van der Waals surface area contributed by atoms with Crippen LogP contribution in [0.3, 0.4) is 0 Å². The van der Waals surface area contributed by atoms with Crippen LogP contribution in [0.2, 0.25) is 0 Å². The maximum absolute atomic E-state index is 5.83. The van der Waals surface area contributed by atoms with Crippen LogP contribution in [0.4, 0.5) is 0 Å². The first kappa shape index (κ1) is 13.8. The highest BCUT2D eigenvalue weighted by Crippen LogP contribution is 2.24. The maximum atomic E-state index is 5.83. The van der Waals surface area contributed by atoms with E-state index in [4.69, 9.17) is 5.73 Å². The molecule has 0 bridgehead atoms. The van der Waals surface area contributed by atoms with Gasteiger partial charge in [0.1, 0.15) is 5.82 Å². The summed E-state index contributed by atoms with van der Waals surface area (Å²) in [6.07, 6.45) is 4.12. The number of nitrogens with two attached hydrogens (primary N) is 1. The number of nitrogens with one attached hydrogen (secondary N) is 1. The first-order chi connectivity index (χ1) is 9.13. The predicted molar refractivity (Wildman–Crippen MR) is 80.2 cm³/mol. The number of benzene rings is 1. The summed E-state index contributed by atoms with van der Waals surface area (Å²) in [7, 11) is 0. The van der Waals surface area contributed by atoms with Crippen LogP contribution < -0.4 is 5.73 Å². The van der Waals surface area contributed by atoms with Crippen LogP contribution in [0, 0.1) is 13.8 Å². The van der Waals surface area contributed by atoms with Gasteiger partial charge >= 0.3 is 0 Å². The lowest BCUT2D eigenvalue weighted by atomic mass is 10.0. The van der Waals surface area contributed by atoms with Gasteiger partial charge < -0.3 is 10.7 Å². The Bertz CT molecular complexity index is 522. The fraction of sp³-hybridized carbons (Fsp3) is 0.438. The van der Waals surface area contributed by atoms with Crippen LogP contribution in [-0.4, -0.2) is 16.5 Å². The number of imidazole rings is 1. The van der Waals surface area contributed by atoms with E-state index < -0.39 is 0 Å². The van der Waals surface area contributed by atoms with Crippen molar-refractivity contribution in [2.45, 2.75) is 39.5 Å². The molecular formula is C16H23N3. The number of aromatic nitrogens is 2. The van der Waals surface area contributed by atoms with Crippen molar-refractivity contribution in [3.63, 3.8) is 0 Å². The molecule has 3 N–H and O–H groups in total. The van der Waals surface area contributed by atoms with Gasteiger partial charge in [-0.25, -0.2) is 4.98 Å². The molecule has 0 saturated heterocycles. The van der Waals surface area contributed by atoms with Crippen molar-refractivity contribution in [1.29, 1.82) is 0 Å². The van der Waals surface area contributed by atoms with Gasteiger partial charge in [-0.1, -0.05) is 30.5 Å². The van der Waals surface area contributed by atoms with Crippen molar-refractivity contribution in [2.75, 3.05) is 6.54 Å². The van der Waals surface area contributed by atoms with Crippen LogP contribution in [0.5, 0.6) is 0 Å². The molecule has 1 aromatic heterocycles. The van der Waals surface area contributed by atoms with Crippen LogP contribution in [0.25, 0.3) is 11.3 Å². The Balaban J connectivity index is 2.29. The highest BCUT2D eigenvalue weighted by atomic mass is 14.9. The van der Waals surface area contributed by atoms with E-state index >= 15 is 0 Å². The van der Waals surface area contributed by atoms with E-state index in [-0.39, 0.29) is 0 Å². The molecule has 0 aliphatic heterocycles. The molecule has 3 heteroatoms. The lowest BCUT2D eigenvalue weighted by molar-refractivity contribution is 0.595. The summed E-state index contributed by atoms with van der Waals surface area (Å²) in [6, 6.07) is 6.55. The summed E-state index contributed by atoms with van der Waals surface area (Å²) in [5.41, 5.74) is 10.7. The Hall–Kier alpha value is -1.61. The van der Waals surface area contributed by atoms with Crippen molar-refractivity contribution in [2.24, 2.45) is 5.73 Å². The smallest absolute Gasteiger partial charge is 0.110 e. The van der Waals surface area contributed by atoms with E-state index in [1.807, 2.05) is 6.20 Å². The zero-order valence-corrected chi connectivity index (χ0v) is 12.0. The van der Waals surface area contributed by atoms with Crippen LogP contribution in [0.1, 0.15) is 42.6 Å². The molecule has 0 aliphatic rings. The number of aryl methyl sites for hydroxylation is 2. The van der Waals surface area contributed by atoms with Gasteiger partial charge in [0.05, 0.1) is 11.9 Å². The summed E-state index contributed by atoms with van der Waals surface area (Å²) in [5.74, 6) is 1.35. The molecular weight excluding hydrogens is 234 g/mol. The molecule has 3 nitrogen and oxygen atoms in total. The fourth-order valence-corrected chi connectivity index (χ4v) is 2.54. The molecule has 1 heterocycles. The molecule has 0 radical (unpaired) electrons. The number of aromatic amines is 1. The van der Waals surface area contributed by atoms with Gasteiger partial charge in [0, 0.05) is 18.0 Å². The van der Waals surface area contributed by atoms with Crippen molar-refractivity contribution in [3.05, 3.63) is 41.3 Å². The van der Waals surface area contributed by atoms with Gasteiger partial charge in [0.25, 0.3) is 0 Å². The molecule has 0 fully saturated rings. The minimum absolute atomic E-state index is 0.338. The summed E-state index contributed by atoms with van der Waals surface area (Å²) < 4.78 is 0. The molecule has 19 heavy (non-hydrogen) atoms. The molecule has 2 rings (SSSR count). The average molecular weight is 257 g/mol. The van der Waals surface area contributed by atoms with Crippen molar-refractivity contribution >= 4 is 0 Å². The molecule has 1 aromatic carbocycles. The Morgan fingerprint density at radius 1 is 1.21 bits per heavy atom. The molecule has 0 saturated carbocycles. The normalized spacial score (nSPS) is 12.6. The lowest BCUT2D eigenvalue weighted by Gasteiger charge is -2.10. The third-order valence-electron chi connectivity index (χ3n) is 3.44. The lowest BCUT2D eigenvalue weighted by Crippen LogP contribution is -2.13. The van der Waals surface area contributed by atoms with Crippen LogP contribution in [-0.2, 0) is 0 Å². The van der Waals surface area contributed by atoms with E-state index in [2.05, 4.69) is 48.9 Å². The predicted octanol–water partition coefficient (Wildman–Crippen LogP) is 3.54. The first-order valence-electron chi connectivity index (χ1n) is 6.97. The largest absolute Gasteiger partial charge is 0.342 e. The molecule has 2 aromatic rings. The monoisotopic (exact) mass is 257 g/mol. The minimum atomic E-state index is 0.338. The van der Waals surface area contributed by atoms with Crippen molar-refractivity contribution in [1.82, 2.24) is 9.97 Å². The summed E-state index contributed by atoms with van der Waals surface area (Å²) in [5, 5.41) is 0. The average Bonchev–Trinajstić information content (AvgIpc) is 2.84. The van der Waals surface area contributed by atoms with Gasteiger partial charge in [-0.3, -0.25) is 0 Å². The van der Waals surface area contributed by atoms with Gasteiger partial charge in [-0.15, -0.1) is 0 Å². The molecule has 1 atom stereocenters. The number of rotatable bonds is 5. The Labute approximate surface area is 115 Å². The van der Waals surface area contributed by atoms with E-state index in [1.165, 1.54) is 16.7 Å². The SMILES string of the molecule is CCCC(CN)c1ncc(-c2cc(C)cc(C)c2)[nH]1. The minimum Gasteiger partial charge on any atom is -0.342 e.